The van der Waals surface area contributed by atoms with E-state index in [1.54, 1.807) is 0 Å². The average Bonchev–Trinajstić information content (AvgIpc) is 2.98. The van der Waals surface area contributed by atoms with Gasteiger partial charge in [-0.2, -0.15) is 0 Å². The number of carboxylic acids is 1. The van der Waals surface area contributed by atoms with E-state index in [1.807, 2.05) is 0 Å². The monoisotopic (exact) mass is 662 g/mol. The van der Waals surface area contributed by atoms with Crippen molar-refractivity contribution in [2.24, 2.45) is 50.2 Å². The summed E-state index contributed by atoms with van der Waals surface area (Å²) in [5, 5.41) is 54.2. The molecule has 0 aromatic carbocycles. The maximum atomic E-state index is 13.0. The SMILES string of the molecule is COC(=O)C1OC(OC2CCC3(C)C(CCC4(C)C3CC=C3C5CC(C)(C)CCC5(C(=O)O)C(O)CC34C)C2(C)C)C(O)C(O)C1O. The highest BCUT2D eigenvalue weighted by molar-refractivity contribution is 5.78. The maximum absolute atomic E-state index is 13.0. The molecule has 6 aliphatic rings. The molecule has 0 spiro atoms. The van der Waals surface area contributed by atoms with Crippen molar-refractivity contribution in [3.63, 3.8) is 0 Å². The Bertz CT molecular complexity index is 1310. The maximum Gasteiger partial charge on any atom is 0.337 e. The summed E-state index contributed by atoms with van der Waals surface area (Å²) in [4.78, 5) is 25.3. The minimum atomic E-state index is -1.64. The first kappa shape index (κ1) is 35.3. The number of allylic oxidation sites excluding steroid dienone is 2. The van der Waals surface area contributed by atoms with Crippen LogP contribution in [0.5, 0.6) is 0 Å². The molecular weight excluding hydrogens is 604 g/mol. The molecule has 0 amide bonds. The zero-order valence-corrected chi connectivity index (χ0v) is 29.5. The number of aliphatic hydroxyl groups is 4. The van der Waals surface area contributed by atoms with Crippen LogP contribution in [0.3, 0.4) is 0 Å². The second-order valence-corrected chi connectivity index (χ2v) is 18.2. The van der Waals surface area contributed by atoms with Gasteiger partial charge in [-0.25, -0.2) is 4.79 Å². The number of fused-ring (bicyclic) bond motifs is 7. The molecule has 47 heavy (non-hydrogen) atoms. The summed E-state index contributed by atoms with van der Waals surface area (Å²) in [6.07, 6.45) is 0.332. The number of carboxylic acid groups (broad SMARTS) is 1. The lowest BCUT2D eigenvalue weighted by Crippen LogP contribution is -2.68. The van der Waals surface area contributed by atoms with Crippen LogP contribution in [-0.4, -0.2) is 87.5 Å². The normalized spacial score (nSPS) is 51.7. The van der Waals surface area contributed by atoms with Crippen LogP contribution in [0.1, 0.15) is 106 Å². The molecule has 10 heteroatoms. The third-order valence-electron chi connectivity index (χ3n) is 15.3. The topological polar surface area (TPSA) is 163 Å². The molecule has 14 atom stereocenters. The fourth-order valence-electron chi connectivity index (χ4n) is 12.4. The Morgan fingerprint density at radius 3 is 2.17 bits per heavy atom. The van der Waals surface area contributed by atoms with E-state index in [4.69, 9.17) is 14.2 Å². The number of aliphatic carboxylic acids is 1. The molecule has 4 saturated carbocycles. The molecule has 5 aliphatic carbocycles. The summed E-state index contributed by atoms with van der Waals surface area (Å²) < 4.78 is 16.9. The van der Waals surface area contributed by atoms with E-state index >= 15 is 0 Å². The standard InChI is InChI=1S/C37H58O10/c1-32(2)15-16-37(31(43)44)20(17-32)19-9-10-22-34(5)13-12-24(46-30-27(41)25(39)26(40)28(47-30)29(42)45-8)33(3,4)21(34)11-14-35(22,6)36(19,7)18-23(37)38/h9,20-28,30,38-41H,10-18H2,1-8H3,(H,43,44). The van der Waals surface area contributed by atoms with Crippen LogP contribution in [0, 0.1) is 50.2 Å². The minimum Gasteiger partial charge on any atom is -0.481 e. The molecule has 266 valence electrons. The van der Waals surface area contributed by atoms with Gasteiger partial charge in [-0.1, -0.05) is 60.1 Å². The first-order chi connectivity index (χ1) is 21.7. The Balaban J connectivity index is 1.30. The fraction of sp³-hybridized carbons (Fsp3) is 0.892. The van der Waals surface area contributed by atoms with Gasteiger partial charge in [0.1, 0.15) is 23.7 Å². The van der Waals surface area contributed by atoms with Crippen LogP contribution in [0.4, 0.5) is 0 Å². The predicted molar refractivity (Wildman–Crippen MR) is 172 cm³/mol. The van der Waals surface area contributed by atoms with Crippen molar-refractivity contribution in [2.45, 2.75) is 149 Å². The quantitative estimate of drug-likeness (QED) is 0.167. The van der Waals surface area contributed by atoms with Crippen molar-refractivity contribution < 1.29 is 49.3 Å². The van der Waals surface area contributed by atoms with E-state index in [2.05, 4.69) is 54.5 Å². The molecule has 0 bridgehead atoms. The number of methoxy groups -OCH3 is 1. The lowest BCUT2D eigenvalue weighted by atomic mass is 9.33. The molecular formula is C37H58O10. The second kappa shape index (κ2) is 11.2. The van der Waals surface area contributed by atoms with Crippen LogP contribution < -0.4 is 0 Å². The highest BCUT2D eigenvalue weighted by atomic mass is 16.7. The van der Waals surface area contributed by atoms with Gasteiger partial charge in [0.15, 0.2) is 12.4 Å². The lowest BCUT2D eigenvalue weighted by Gasteiger charge is -2.71. The first-order valence-electron chi connectivity index (χ1n) is 17.8. The van der Waals surface area contributed by atoms with Crippen molar-refractivity contribution >= 4 is 11.9 Å². The van der Waals surface area contributed by atoms with Crippen molar-refractivity contribution in [3.8, 4) is 0 Å². The van der Waals surface area contributed by atoms with Crippen LogP contribution in [0.15, 0.2) is 11.6 Å². The third kappa shape index (κ3) is 4.78. The molecule has 0 aromatic heterocycles. The summed E-state index contributed by atoms with van der Waals surface area (Å²) >= 11 is 0. The van der Waals surface area contributed by atoms with Gasteiger partial charge in [0.2, 0.25) is 0 Å². The fourth-order valence-corrected chi connectivity index (χ4v) is 12.4. The largest absolute Gasteiger partial charge is 0.481 e. The van der Waals surface area contributed by atoms with Gasteiger partial charge in [0, 0.05) is 0 Å². The smallest absolute Gasteiger partial charge is 0.337 e. The van der Waals surface area contributed by atoms with Gasteiger partial charge in [-0.15, -0.1) is 0 Å². The predicted octanol–water partition coefficient (Wildman–Crippen LogP) is 4.21. The summed E-state index contributed by atoms with van der Waals surface area (Å²) in [6, 6.07) is 0. The molecule has 0 radical (unpaired) electrons. The summed E-state index contributed by atoms with van der Waals surface area (Å²) in [5.74, 6) is -1.34. The summed E-state index contributed by atoms with van der Waals surface area (Å²) in [7, 11) is 1.17. The molecule has 1 aliphatic heterocycles. The van der Waals surface area contributed by atoms with E-state index in [-0.39, 0.29) is 45.0 Å². The second-order valence-electron chi connectivity index (χ2n) is 18.2. The molecule has 1 heterocycles. The highest BCUT2D eigenvalue weighted by Crippen LogP contribution is 2.76. The molecule has 6 rings (SSSR count). The molecule has 14 unspecified atom stereocenters. The van der Waals surface area contributed by atoms with E-state index < -0.39 is 54.2 Å². The van der Waals surface area contributed by atoms with Gasteiger partial charge in [-0.05, 0) is 103 Å². The van der Waals surface area contributed by atoms with Crippen LogP contribution in [0.2, 0.25) is 0 Å². The van der Waals surface area contributed by atoms with Gasteiger partial charge in [-0.3, -0.25) is 4.79 Å². The van der Waals surface area contributed by atoms with E-state index in [0.717, 1.165) is 38.5 Å². The molecule has 5 fully saturated rings. The van der Waals surface area contributed by atoms with Crippen molar-refractivity contribution in [3.05, 3.63) is 11.6 Å². The van der Waals surface area contributed by atoms with Crippen molar-refractivity contribution in [1.29, 1.82) is 0 Å². The van der Waals surface area contributed by atoms with Crippen LogP contribution in [0.25, 0.3) is 0 Å². The highest BCUT2D eigenvalue weighted by Gasteiger charge is 2.71. The number of hydrogen-bond donors (Lipinski definition) is 5. The van der Waals surface area contributed by atoms with E-state index in [1.165, 1.54) is 12.7 Å². The first-order valence-corrected chi connectivity index (χ1v) is 17.8. The summed E-state index contributed by atoms with van der Waals surface area (Å²) in [5.41, 5.74) is -0.775. The number of aliphatic hydroxyl groups excluding tert-OH is 4. The number of esters is 1. The molecule has 10 nitrogen and oxygen atoms in total. The Labute approximate surface area is 279 Å². The Hall–Kier alpha value is -1.56. The number of hydrogen-bond acceptors (Lipinski definition) is 9. The molecule has 5 N–H and O–H groups in total. The zero-order chi connectivity index (χ0) is 34.7. The van der Waals surface area contributed by atoms with E-state index in [0.29, 0.717) is 25.2 Å². The number of carbonyl (C=O) groups is 2. The number of ether oxygens (including phenoxy) is 3. The molecule has 1 saturated heterocycles. The average molecular weight is 663 g/mol. The van der Waals surface area contributed by atoms with Crippen LogP contribution in [-0.2, 0) is 23.8 Å². The number of rotatable bonds is 4. The van der Waals surface area contributed by atoms with Crippen LogP contribution >= 0.6 is 0 Å². The summed E-state index contributed by atoms with van der Waals surface area (Å²) in [6.45, 7) is 16.0. The van der Waals surface area contributed by atoms with Crippen molar-refractivity contribution in [1.82, 2.24) is 0 Å². The van der Waals surface area contributed by atoms with Gasteiger partial charge >= 0.3 is 11.9 Å². The Morgan fingerprint density at radius 1 is 0.851 bits per heavy atom. The Kier molecular flexibility index (Phi) is 8.42. The zero-order valence-electron chi connectivity index (χ0n) is 29.5. The van der Waals surface area contributed by atoms with Crippen molar-refractivity contribution in [2.75, 3.05) is 7.11 Å². The third-order valence-corrected chi connectivity index (χ3v) is 15.3. The van der Waals surface area contributed by atoms with Gasteiger partial charge in [0.25, 0.3) is 0 Å². The minimum absolute atomic E-state index is 0.00680. The van der Waals surface area contributed by atoms with Gasteiger partial charge < -0.3 is 39.7 Å². The van der Waals surface area contributed by atoms with E-state index in [9.17, 15) is 35.1 Å². The van der Waals surface area contributed by atoms with Gasteiger partial charge in [0.05, 0.1) is 19.3 Å². The molecule has 0 aromatic rings. The lowest BCUT2D eigenvalue weighted by molar-refractivity contribution is -0.324. The Morgan fingerprint density at radius 2 is 1.53 bits per heavy atom. The number of carbonyl (C=O) groups excluding carboxylic acids is 1.